The van der Waals surface area contributed by atoms with Crippen molar-refractivity contribution in [2.45, 2.75) is 6.92 Å². The lowest BCUT2D eigenvalue weighted by molar-refractivity contribution is 0.103. The molecule has 0 aliphatic carbocycles. The van der Waals surface area contributed by atoms with E-state index in [1.165, 1.54) is 11.3 Å². The Morgan fingerprint density at radius 1 is 1.21 bits per heavy atom. The lowest BCUT2D eigenvalue weighted by atomic mass is 10.2. The molecule has 0 aliphatic heterocycles. The Bertz CT molecular complexity index is 924. The number of benzene rings is 2. The van der Waals surface area contributed by atoms with E-state index in [9.17, 15) is 4.79 Å². The molecular weight excluding hydrogens is 389 g/mol. The summed E-state index contributed by atoms with van der Waals surface area (Å²) in [7, 11) is 0. The highest BCUT2D eigenvalue weighted by molar-refractivity contribution is 7.21. The normalized spacial score (nSPS) is 10.8. The Balaban J connectivity index is 1.98. The first kappa shape index (κ1) is 17.4. The molecule has 2 aromatic carbocycles. The number of nitrogens with one attached hydrogen (secondary N) is 1. The first-order chi connectivity index (χ1) is 11.5. The average Bonchev–Trinajstić information content (AvgIpc) is 2.86. The summed E-state index contributed by atoms with van der Waals surface area (Å²) >= 11 is 19.8. The Hall–Kier alpha value is -1.46. The Morgan fingerprint density at radius 2 is 1.96 bits per heavy atom. The van der Waals surface area contributed by atoms with Gasteiger partial charge in [0.2, 0.25) is 0 Å². The predicted molar refractivity (Wildman–Crippen MR) is 102 cm³/mol. The zero-order valence-corrected chi connectivity index (χ0v) is 15.6. The molecule has 3 rings (SSSR count). The van der Waals surface area contributed by atoms with Crippen molar-refractivity contribution < 1.29 is 9.53 Å². The number of rotatable bonds is 4. The van der Waals surface area contributed by atoms with Gasteiger partial charge in [-0.05, 0) is 31.2 Å². The van der Waals surface area contributed by atoms with Crippen molar-refractivity contribution in [2.24, 2.45) is 0 Å². The molecule has 3 nitrogen and oxygen atoms in total. The minimum Gasteiger partial charge on any atom is -0.492 e. The summed E-state index contributed by atoms with van der Waals surface area (Å²) in [6.45, 7) is 2.39. The van der Waals surface area contributed by atoms with Gasteiger partial charge < -0.3 is 10.1 Å². The van der Waals surface area contributed by atoms with Crippen LogP contribution in [0.4, 0.5) is 5.69 Å². The van der Waals surface area contributed by atoms with E-state index in [0.717, 1.165) is 4.70 Å². The number of carbonyl (C=O) groups is 1. The van der Waals surface area contributed by atoms with E-state index >= 15 is 0 Å². The van der Waals surface area contributed by atoms with Gasteiger partial charge in [-0.2, -0.15) is 0 Å². The molecule has 3 aromatic rings. The van der Waals surface area contributed by atoms with Gasteiger partial charge in [0.1, 0.15) is 10.6 Å². The molecule has 124 valence electrons. The monoisotopic (exact) mass is 399 g/mol. The van der Waals surface area contributed by atoms with Gasteiger partial charge >= 0.3 is 0 Å². The van der Waals surface area contributed by atoms with Crippen LogP contribution in [-0.2, 0) is 0 Å². The third-order valence-corrected chi connectivity index (χ3v) is 5.43. The fourth-order valence-electron chi connectivity index (χ4n) is 2.29. The highest BCUT2D eigenvalue weighted by Crippen LogP contribution is 2.41. The minimum atomic E-state index is -0.319. The number of anilines is 1. The summed E-state index contributed by atoms with van der Waals surface area (Å²) in [6.07, 6.45) is 0. The Morgan fingerprint density at radius 3 is 2.71 bits per heavy atom. The molecule has 0 bridgehead atoms. The van der Waals surface area contributed by atoms with E-state index in [4.69, 9.17) is 39.5 Å². The molecule has 0 radical (unpaired) electrons. The van der Waals surface area contributed by atoms with Crippen molar-refractivity contribution in [1.82, 2.24) is 0 Å². The smallest absolute Gasteiger partial charge is 0.267 e. The maximum absolute atomic E-state index is 12.6. The molecule has 0 atom stereocenters. The molecule has 1 heterocycles. The van der Waals surface area contributed by atoms with Gasteiger partial charge in [-0.15, -0.1) is 11.3 Å². The van der Waals surface area contributed by atoms with Crippen molar-refractivity contribution in [3.8, 4) is 5.75 Å². The van der Waals surface area contributed by atoms with Crippen molar-refractivity contribution in [3.63, 3.8) is 0 Å². The van der Waals surface area contributed by atoms with Gasteiger partial charge in [0.15, 0.2) is 0 Å². The summed E-state index contributed by atoms with van der Waals surface area (Å²) in [6, 6.07) is 10.6. The van der Waals surface area contributed by atoms with E-state index < -0.39 is 0 Å². The molecule has 7 heteroatoms. The largest absolute Gasteiger partial charge is 0.492 e. The van der Waals surface area contributed by atoms with Crippen LogP contribution in [0, 0.1) is 0 Å². The average molecular weight is 401 g/mol. The van der Waals surface area contributed by atoms with Crippen LogP contribution in [0.2, 0.25) is 15.1 Å². The van der Waals surface area contributed by atoms with E-state index in [1.807, 2.05) is 19.1 Å². The highest BCUT2D eigenvalue weighted by atomic mass is 35.5. The lowest BCUT2D eigenvalue weighted by Gasteiger charge is -2.10. The zero-order chi connectivity index (χ0) is 17.3. The third-order valence-electron chi connectivity index (χ3n) is 3.29. The molecule has 0 fully saturated rings. The van der Waals surface area contributed by atoms with Gasteiger partial charge in [-0.3, -0.25) is 4.79 Å². The zero-order valence-electron chi connectivity index (χ0n) is 12.5. The molecule has 0 saturated heterocycles. The minimum absolute atomic E-state index is 0.319. The molecule has 0 aliphatic rings. The number of halogens is 3. The molecule has 0 unspecified atom stereocenters. The van der Waals surface area contributed by atoms with E-state index in [0.29, 0.717) is 43.4 Å². The first-order valence-corrected chi connectivity index (χ1v) is 9.06. The quantitative estimate of drug-likeness (QED) is 0.542. The second-order valence-corrected chi connectivity index (χ2v) is 7.16. The summed E-state index contributed by atoms with van der Waals surface area (Å²) in [5.41, 5.74) is 0.585. The van der Waals surface area contributed by atoms with Gasteiger partial charge in [0, 0.05) is 15.1 Å². The topological polar surface area (TPSA) is 38.3 Å². The van der Waals surface area contributed by atoms with Crippen LogP contribution in [0.25, 0.3) is 10.1 Å². The van der Waals surface area contributed by atoms with Crippen LogP contribution in [0.3, 0.4) is 0 Å². The van der Waals surface area contributed by atoms with E-state index in [-0.39, 0.29) is 5.91 Å². The maximum atomic E-state index is 12.6. The molecule has 24 heavy (non-hydrogen) atoms. The number of ether oxygens (including phenoxy) is 1. The number of hydrogen-bond acceptors (Lipinski definition) is 3. The summed E-state index contributed by atoms with van der Waals surface area (Å²) < 4.78 is 6.28. The summed E-state index contributed by atoms with van der Waals surface area (Å²) in [5, 5.41) is 4.71. The van der Waals surface area contributed by atoms with Crippen LogP contribution < -0.4 is 10.1 Å². The SMILES string of the molecule is CCOc1ccccc1NC(=O)c1sc2cc(Cl)cc(Cl)c2c1Cl. The van der Waals surface area contributed by atoms with Gasteiger partial charge in [-0.25, -0.2) is 0 Å². The van der Waals surface area contributed by atoms with Gasteiger partial charge in [-0.1, -0.05) is 46.9 Å². The Labute approximate surface area is 158 Å². The van der Waals surface area contributed by atoms with Crippen LogP contribution in [0.1, 0.15) is 16.6 Å². The van der Waals surface area contributed by atoms with Crippen LogP contribution in [0.5, 0.6) is 5.75 Å². The van der Waals surface area contributed by atoms with Crippen LogP contribution in [0.15, 0.2) is 36.4 Å². The van der Waals surface area contributed by atoms with E-state index in [2.05, 4.69) is 5.32 Å². The second kappa shape index (κ2) is 7.19. The second-order valence-electron chi connectivity index (χ2n) is 4.89. The maximum Gasteiger partial charge on any atom is 0.267 e. The van der Waals surface area contributed by atoms with Crippen molar-refractivity contribution in [2.75, 3.05) is 11.9 Å². The number of para-hydroxylation sites is 2. The fraction of sp³-hybridized carbons (Fsp3) is 0.118. The highest BCUT2D eigenvalue weighted by Gasteiger charge is 2.20. The van der Waals surface area contributed by atoms with Gasteiger partial charge in [0.25, 0.3) is 5.91 Å². The van der Waals surface area contributed by atoms with Crippen molar-refractivity contribution in [3.05, 3.63) is 56.3 Å². The number of amides is 1. The molecule has 1 N–H and O–H groups in total. The summed E-state index contributed by atoms with van der Waals surface area (Å²) in [5.74, 6) is 0.284. The lowest BCUT2D eigenvalue weighted by Crippen LogP contribution is -2.11. The van der Waals surface area contributed by atoms with Crippen LogP contribution >= 0.6 is 46.1 Å². The molecular formula is C17H12Cl3NO2S. The number of hydrogen-bond donors (Lipinski definition) is 1. The fourth-order valence-corrected chi connectivity index (χ4v) is 4.56. The molecule has 1 aromatic heterocycles. The predicted octanol–water partition coefficient (Wildman–Crippen LogP) is 6.51. The van der Waals surface area contributed by atoms with Gasteiger partial charge in [0.05, 0.1) is 22.3 Å². The molecule has 1 amide bonds. The molecule has 0 saturated carbocycles. The van der Waals surface area contributed by atoms with Crippen molar-refractivity contribution in [1.29, 1.82) is 0 Å². The van der Waals surface area contributed by atoms with Crippen molar-refractivity contribution >= 4 is 67.8 Å². The number of thiophene rings is 1. The van der Waals surface area contributed by atoms with E-state index in [1.54, 1.807) is 24.3 Å². The molecule has 0 spiro atoms. The Kier molecular flexibility index (Phi) is 5.21. The van der Waals surface area contributed by atoms with Crippen LogP contribution in [-0.4, -0.2) is 12.5 Å². The standard InChI is InChI=1S/C17H12Cl3NO2S/c1-2-23-12-6-4-3-5-11(12)21-17(22)16-15(20)14-10(19)7-9(18)8-13(14)24-16/h3-8H,2H2,1H3,(H,21,22). The summed E-state index contributed by atoms with van der Waals surface area (Å²) in [4.78, 5) is 13.0. The number of carbonyl (C=O) groups excluding carboxylic acids is 1. The number of fused-ring (bicyclic) bond motifs is 1. The third kappa shape index (κ3) is 3.33. The first-order valence-electron chi connectivity index (χ1n) is 7.11.